The number of fused-ring (bicyclic) bond motifs is 1. The Hall–Kier alpha value is -2.78. The molecule has 3 rings (SSSR count). The van der Waals surface area contributed by atoms with Gasteiger partial charge in [0.1, 0.15) is 17.6 Å². The van der Waals surface area contributed by atoms with Gasteiger partial charge in [-0.05, 0) is 24.6 Å². The van der Waals surface area contributed by atoms with E-state index < -0.39 is 0 Å². The van der Waals surface area contributed by atoms with E-state index in [1.54, 1.807) is 11.0 Å². The molecule has 2 heterocycles. The van der Waals surface area contributed by atoms with E-state index in [-0.39, 0.29) is 12.5 Å². The van der Waals surface area contributed by atoms with Gasteiger partial charge in [0.05, 0.1) is 16.3 Å². The van der Waals surface area contributed by atoms with Crippen molar-refractivity contribution in [3.63, 3.8) is 0 Å². The minimum Gasteiger partial charge on any atom is -0.482 e. The zero-order valence-corrected chi connectivity index (χ0v) is 13.6. The van der Waals surface area contributed by atoms with Crippen LogP contribution in [0.1, 0.15) is 12.0 Å². The highest BCUT2D eigenvalue weighted by Crippen LogP contribution is 2.31. The minimum absolute atomic E-state index is 0.0526. The first-order valence-corrected chi connectivity index (χ1v) is 7.88. The van der Waals surface area contributed by atoms with Gasteiger partial charge in [-0.1, -0.05) is 23.7 Å². The van der Waals surface area contributed by atoms with Crippen molar-refractivity contribution in [3.8, 4) is 11.8 Å². The van der Waals surface area contributed by atoms with Gasteiger partial charge in [-0.2, -0.15) is 5.26 Å². The topological polar surface area (TPSA) is 78.3 Å². The molecule has 24 heavy (non-hydrogen) atoms. The average molecular weight is 343 g/mol. The highest BCUT2D eigenvalue weighted by Gasteiger charge is 2.24. The summed E-state index contributed by atoms with van der Waals surface area (Å²) in [4.78, 5) is 17.9. The second-order valence-corrected chi connectivity index (χ2v) is 5.66. The van der Waals surface area contributed by atoms with Gasteiger partial charge in [0, 0.05) is 19.3 Å². The van der Waals surface area contributed by atoms with Gasteiger partial charge in [-0.3, -0.25) is 4.79 Å². The van der Waals surface area contributed by atoms with E-state index in [2.05, 4.69) is 10.3 Å². The monoisotopic (exact) mass is 342 g/mol. The Morgan fingerprint density at radius 1 is 1.42 bits per heavy atom. The molecule has 1 aromatic carbocycles. The van der Waals surface area contributed by atoms with Crippen LogP contribution in [-0.2, 0) is 4.79 Å². The number of carbonyl (C=O) groups is 1. The molecule has 6 nitrogen and oxygen atoms in total. The van der Waals surface area contributed by atoms with E-state index in [4.69, 9.17) is 21.6 Å². The zero-order valence-electron chi connectivity index (χ0n) is 12.8. The second-order valence-electron chi connectivity index (χ2n) is 5.25. The van der Waals surface area contributed by atoms with Crippen LogP contribution in [0.15, 0.2) is 36.5 Å². The lowest BCUT2D eigenvalue weighted by Gasteiger charge is -2.29. The van der Waals surface area contributed by atoms with Crippen molar-refractivity contribution in [2.75, 3.05) is 29.9 Å². The molecule has 0 bridgehead atoms. The molecule has 7 heteroatoms. The lowest BCUT2D eigenvalue weighted by Crippen LogP contribution is -2.39. The van der Waals surface area contributed by atoms with Crippen molar-refractivity contribution in [1.82, 2.24) is 4.98 Å². The van der Waals surface area contributed by atoms with Gasteiger partial charge < -0.3 is 15.0 Å². The van der Waals surface area contributed by atoms with E-state index >= 15 is 0 Å². The second kappa shape index (κ2) is 7.20. The van der Waals surface area contributed by atoms with Crippen molar-refractivity contribution in [2.24, 2.45) is 0 Å². The number of anilines is 2. The molecule has 0 saturated carbocycles. The summed E-state index contributed by atoms with van der Waals surface area (Å²) in [6.07, 6.45) is 2.19. The summed E-state index contributed by atoms with van der Waals surface area (Å²) in [5.74, 6) is 1.20. The normalized spacial score (nSPS) is 13.0. The summed E-state index contributed by atoms with van der Waals surface area (Å²) in [6.45, 7) is 1.24. The number of halogens is 1. The molecule has 0 radical (unpaired) electrons. The smallest absolute Gasteiger partial charge is 0.265 e. The predicted molar refractivity (Wildman–Crippen MR) is 91.4 cm³/mol. The zero-order chi connectivity index (χ0) is 16.9. The fourth-order valence-electron chi connectivity index (χ4n) is 2.47. The maximum atomic E-state index is 12.1. The Bertz CT molecular complexity index is 803. The molecule has 1 aromatic heterocycles. The van der Waals surface area contributed by atoms with Gasteiger partial charge in [0.2, 0.25) is 0 Å². The lowest BCUT2D eigenvalue weighted by atomic mass is 10.2. The van der Waals surface area contributed by atoms with Gasteiger partial charge in [0.25, 0.3) is 5.91 Å². The average Bonchev–Trinajstić information content (AvgIpc) is 2.61. The standard InChI is InChI=1S/C17H15ClN4O2/c18-13-8-12(9-19)10-21-17(13)20-6-3-7-22-14-4-1-2-5-15(14)24-11-16(22)23/h1-2,4-5,8,10H,3,6-7,11H2,(H,20,21). The van der Waals surface area contributed by atoms with Crippen LogP contribution in [0.3, 0.4) is 0 Å². The summed E-state index contributed by atoms with van der Waals surface area (Å²) >= 11 is 6.07. The van der Waals surface area contributed by atoms with Crippen molar-refractivity contribution < 1.29 is 9.53 Å². The number of aromatic nitrogens is 1. The molecule has 0 unspecified atom stereocenters. The molecule has 1 aliphatic rings. The van der Waals surface area contributed by atoms with Gasteiger partial charge in [0.15, 0.2) is 6.61 Å². The van der Waals surface area contributed by atoms with Crippen LogP contribution >= 0.6 is 11.6 Å². The molecule has 0 saturated heterocycles. The first-order valence-electron chi connectivity index (χ1n) is 7.51. The van der Waals surface area contributed by atoms with Crippen LogP contribution in [0.2, 0.25) is 5.02 Å². The number of hydrogen-bond donors (Lipinski definition) is 1. The molecule has 122 valence electrons. The number of nitriles is 1. The summed E-state index contributed by atoms with van der Waals surface area (Å²) in [5.41, 5.74) is 1.21. The van der Waals surface area contributed by atoms with Gasteiger partial charge in [-0.15, -0.1) is 0 Å². The Kier molecular flexibility index (Phi) is 4.82. The fourth-order valence-corrected chi connectivity index (χ4v) is 2.71. The molecular weight excluding hydrogens is 328 g/mol. The lowest BCUT2D eigenvalue weighted by molar-refractivity contribution is -0.121. The minimum atomic E-state index is -0.0526. The number of rotatable bonds is 5. The van der Waals surface area contributed by atoms with Crippen LogP contribution in [-0.4, -0.2) is 30.6 Å². The van der Waals surface area contributed by atoms with E-state index in [0.29, 0.717) is 29.5 Å². The van der Waals surface area contributed by atoms with Crippen LogP contribution in [0.4, 0.5) is 11.5 Å². The molecule has 2 aromatic rings. The predicted octanol–water partition coefficient (Wildman–Crippen LogP) is 2.83. The Morgan fingerprint density at radius 3 is 3.04 bits per heavy atom. The largest absolute Gasteiger partial charge is 0.482 e. The summed E-state index contributed by atoms with van der Waals surface area (Å²) in [5, 5.41) is 12.3. The number of pyridine rings is 1. The maximum absolute atomic E-state index is 12.1. The number of amides is 1. The van der Waals surface area contributed by atoms with Crippen LogP contribution < -0.4 is 15.0 Å². The van der Waals surface area contributed by atoms with Crippen molar-refractivity contribution in [1.29, 1.82) is 5.26 Å². The van der Waals surface area contributed by atoms with Crippen LogP contribution in [0.5, 0.6) is 5.75 Å². The van der Waals surface area contributed by atoms with E-state index in [9.17, 15) is 4.79 Å². The van der Waals surface area contributed by atoms with E-state index in [0.717, 1.165) is 17.9 Å². The molecule has 0 fully saturated rings. The molecule has 0 atom stereocenters. The fraction of sp³-hybridized carbons (Fsp3) is 0.235. The SMILES string of the molecule is N#Cc1cnc(NCCCN2C(=O)COc3ccccc32)c(Cl)c1. The quantitative estimate of drug-likeness (QED) is 0.845. The number of hydrogen-bond acceptors (Lipinski definition) is 5. The maximum Gasteiger partial charge on any atom is 0.265 e. The van der Waals surface area contributed by atoms with Gasteiger partial charge >= 0.3 is 0 Å². The highest BCUT2D eigenvalue weighted by atomic mass is 35.5. The van der Waals surface area contributed by atoms with Crippen LogP contribution in [0, 0.1) is 11.3 Å². The third-order valence-electron chi connectivity index (χ3n) is 3.63. The molecule has 0 spiro atoms. The third kappa shape index (κ3) is 3.42. The summed E-state index contributed by atoms with van der Waals surface area (Å²) in [7, 11) is 0. The molecule has 1 amide bonds. The van der Waals surface area contributed by atoms with E-state index in [1.165, 1.54) is 6.20 Å². The van der Waals surface area contributed by atoms with Crippen molar-refractivity contribution in [2.45, 2.75) is 6.42 Å². The molecule has 0 aliphatic carbocycles. The van der Waals surface area contributed by atoms with Crippen molar-refractivity contribution in [3.05, 3.63) is 47.1 Å². The molecule has 1 N–H and O–H groups in total. The first-order chi connectivity index (χ1) is 11.7. The van der Waals surface area contributed by atoms with E-state index in [1.807, 2.05) is 30.3 Å². The van der Waals surface area contributed by atoms with Gasteiger partial charge in [-0.25, -0.2) is 4.98 Å². The number of carbonyl (C=O) groups excluding carboxylic acids is 1. The Balaban J connectivity index is 1.57. The third-order valence-corrected chi connectivity index (χ3v) is 3.92. The number of benzene rings is 1. The number of nitrogens with one attached hydrogen (secondary N) is 1. The summed E-state index contributed by atoms with van der Waals surface area (Å²) < 4.78 is 5.42. The Labute approximate surface area is 144 Å². The summed E-state index contributed by atoms with van der Waals surface area (Å²) in [6, 6.07) is 11.0. The number of nitrogens with zero attached hydrogens (tertiary/aromatic N) is 3. The highest BCUT2D eigenvalue weighted by molar-refractivity contribution is 6.33. The number of ether oxygens (including phenoxy) is 1. The number of para-hydroxylation sites is 2. The molecular formula is C17H15ClN4O2. The van der Waals surface area contributed by atoms with Crippen LogP contribution in [0.25, 0.3) is 0 Å². The first kappa shape index (κ1) is 16.1. The Morgan fingerprint density at radius 2 is 2.25 bits per heavy atom. The van der Waals surface area contributed by atoms with Crippen molar-refractivity contribution >= 4 is 29.0 Å². The molecule has 1 aliphatic heterocycles.